The van der Waals surface area contributed by atoms with Gasteiger partial charge in [0.15, 0.2) is 0 Å². The first-order valence-electron chi connectivity index (χ1n) is 6.21. The third-order valence-electron chi connectivity index (χ3n) is 3.35. The summed E-state index contributed by atoms with van der Waals surface area (Å²) in [6, 6.07) is 3.98. The second kappa shape index (κ2) is 4.42. The maximum Gasteiger partial charge on any atom is 0.133 e. The molecular weight excluding hydrogens is 226 g/mol. The Hall–Kier alpha value is -1.88. The van der Waals surface area contributed by atoms with Crippen LogP contribution in [0.1, 0.15) is 24.4 Å². The van der Waals surface area contributed by atoms with Crippen LogP contribution in [0.15, 0.2) is 30.7 Å². The second-order valence-corrected chi connectivity index (χ2v) is 4.66. The lowest BCUT2D eigenvalue weighted by atomic mass is 10.1. The summed E-state index contributed by atoms with van der Waals surface area (Å²) in [5.74, 6) is 2.07. The van der Waals surface area contributed by atoms with Crippen LogP contribution in [0.25, 0.3) is 0 Å². The highest BCUT2D eigenvalue weighted by Crippen LogP contribution is 2.25. The fourth-order valence-electron chi connectivity index (χ4n) is 2.38. The number of imidazole rings is 1. The van der Waals surface area contributed by atoms with Gasteiger partial charge in [-0.2, -0.15) is 0 Å². The summed E-state index contributed by atoms with van der Waals surface area (Å²) in [6.07, 6.45) is 5.70. The molecule has 94 valence electrons. The Morgan fingerprint density at radius 1 is 1.28 bits per heavy atom. The fourth-order valence-corrected chi connectivity index (χ4v) is 2.38. The molecule has 1 atom stereocenters. The van der Waals surface area contributed by atoms with E-state index in [0.717, 1.165) is 36.8 Å². The molecule has 1 unspecified atom stereocenters. The van der Waals surface area contributed by atoms with Crippen LogP contribution in [-0.4, -0.2) is 21.1 Å². The maximum absolute atomic E-state index is 6.01. The minimum atomic E-state index is -0.00429. The molecule has 5 heteroatoms. The van der Waals surface area contributed by atoms with Crippen molar-refractivity contribution in [2.24, 2.45) is 5.73 Å². The summed E-state index contributed by atoms with van der Waals surface area (Å²) >= 11 is 0. The van der Waals surface area contributed by atoms with Crippen molar-refractivity contribution in [2.75, 3.05) is 11.4 Å². The van der Waals surface area contributed by atoms with Crippen molar-refractivity contribution in [3.05, 3.63) is 42.1 Å². The predicted molar refractivity (Wildman–Crippen MR) is 70.1 cm³/mol. The summed E-state index contributed by atoms with van der Waals surface area (Å²) in [7, 11) is 0. The normalized spacial score (nSPS) is 16.4. The van der Waals surface area contributed by atoms with Gasteiger partial charge in [-0.25, -0.2) is 9.97 Å². The zero-order chi connectivity index (χ0) is 12.5. The maximum atomic E-state index is 6.01. The van der Waals surface area contributed by atoms with E-state index in [4.69, 9.17) is 5.73 Å². The molecular formula is C13H17N5. The molecule has 0 saturated carbocycles. The van der Waals surface area contributed by atoms with Crippen LogP contribution in [0.5, 0.6) is 0 Å². The molecule has 0 aliphatic carbocycles. The van der Waals surface area contributed by atoms with E-state index in [2.05, 4.69) is 19.4 Å². The molecule has 0 fully saturated rings. The number of hydrogen-bond donors (Lipinski definition) is 1. The van der Waals surface area contributed by atoms with Crippen LogP contribution in [0.2, 0.25) is 0 Å². The average molecular weight is 243 g/mol. The minimum Gasteiger partial charge on any atom is -0.347 e. The van der Waals surface area contributed by atoms with Gasteiger partial charge in [0.1, 0.15) is 11.6 Å². The van der Waals surface area contributed by atoms with Crippen LogP contribution in [0, 0.1) is 0 Å². The van der Waals surface area contributed by atoms with E-state index in [1.807, 2.05) is 37.6 Å². The van der Waals surface area contributed by atoms with Crippen LogP contribution in [0.3, 0.4) is 0 Å². The first-order chi connectivity index (χ1) is 8.75. The molecule has 0 radical (unpaired) electrons. The quantitative estimate of drug-likeness (QED) is 0.864. The highest BCUT2D eigenvalue weighted by Gasteiger charge is 2.20. The zero-order valence-electron chi connectivity index (χ0n) is 10.5. The number of nitrogens with two attached hydrogens (primary N) is 1. The van der Waals surface area contributed by atoms with Crippen molar-refractivity contribution < 1.29 is 0 Å². The Kier molecular flexibility index (Phi) is 2.76. The Balaban J connectivity index is 1.93. The van der Waals surface area contributed by atoms with Gasteiger partial charge in [-0.1, -0.05) is 6.07 Å². The van der Waals surface area contributed by atoms with Crippen LogP contribution < -0.4 is 10.6 Å². The Morgan fingerprint density at radius 2 is 2.17 bits per heavy atom. The molecule has 0 aromatic carbocycles. The molecule has 0 spiro atoms. The molecule has 2 N–H and O–H groups in total. The molecule has 5 nitrogen and oxygen atoms in total. The molecule has 2 aromatic rings. The topological polar surface area (TPSA) is 60.0 Å². The SMILES string of the molecule is CC(N)c1cccnc1N1CCn2ccnc2C1. The van der Waals surface area contributed by atoms with E-state index in [0.29, 0.717) is 0 Å². The van der Waals surface area contributed by atoms with Gasteiger partial charge in [-0.05, 0) is 13.0 Å². The van der Waals surface area contributed by atoms with E-state index in [9.17, 15) is 0 Å². The third kappa shape index (κ3) is 1.86. The van der Waals surface area contributed by atoms with Gasteiger partial charge in [-0.15, -0.1) is 0 Å². The summed E-state index contributed by atoms with van der Waals surface area (Å²) in [6.45, 7) is 4.68. The molecule has 0 bridgehead atoms. The van der Waals surface area contributed by atoms with Gasteiger partial charge in [0.05, 0.1) is 6.54 Å². The zero-order valence-corrected chi connectivity index (χ0v) is 10.5. The van der Waals surface area contributed by atoms with Crippen molar-refractivity contribution in [3.63, 3.8) is 0 Å². The van der Waals surface area contributed by atoms with Crippen LogP contribution in [0.4, 0.5) is 5.82 Å². The molecule has 3 heterocycles. The lowest BCUT2D eigenvalue weighted by Gasteiger charge is -2.30. The summed E-state index contributed by atoms with van der Waals surface area (Å²) in [5, 5.41) is 0. The van der Waals surface area contributed by atoms with Gasteiger partial charge >= 0.3 is 0 Å². The van der Waals surface area contributed by atoms with E-state index < -0.39 is 0 Å². The highest BCUT2D eigenvalue weighted by atomic mass is 15.3. The average Bonchev–Trinajstić information content (AvgIpc) is 2.85. The van der Waals surface area contributed by atoms with Crippen molar-refractivity contribution >= 4 is 5.82 Å². The van der Waals surface area contributed by atoms with Crippen molar-refractivity contribution in [1.82, 2.24) is 14.5 Å². The van der Waals surface area contributed by atoms with Crippen LogP contribution >= 0.6 is 0 Å². The predicted octanol–water partition coefficient (Wildman–Crippen LogP) is 1.32. The highest BCUT2D eigenvalue weighted by molar-refractivity contribution is 5.48. The van der Waals surface area contributed by atoms with E-state index in [1.54, 1.807) is 0 Å². The molecule has 1 aliphatic rings. The van der Waals surface area contributed by atoms with Crippen molar-refractivity contribution in [2.45, 2.75) is 26.1 Å². The molecule has 3 rings (SSSR count). The smallest absolute Gasteiger partial charge is 0.133 e. The van der Waals surface area contributed by atoms with Crippen molar-refractivity contribution in [3.8, 4) is 0 Å². The summed E-state index contributed by atoms with van der Waals surface area (Å²) in [5.41, 5.74) is 7.10. The number of rotatable bonds is 2. The van der Waals surface area contributed by atoms with Gasteiger partial charge in [0, 0.05) is 43.3 Å². The molecule has 0 saturated heterocycles. The molecule has 1 aliphatic heterocycles. The lowest BCUT2D eigenvalue weighted by Crippen LogP contribution is -2.35. The minimum absolute atomic E-state index is 0.00429. The lowest BCUT2D eigenvalue weighted by molar-refractivity contribution is 0.553. The van der Waals surface area contributed by atoms with E-state index in [1.165, 1.54) is 0 Å². The third-order valence-corrected chi connectivity index (χ3v) is 3.35. The monoisotopic (exact) mass is 243 g/mol. The van der Waals surface area contributed by atoms with Crippen LogP contribution in [-0.2, 0) is 13.1 Å². The summed E-state index contributed by atoms with van der Waals surface area (Å²) < 4.78 is 2.19. The number of fused-ring (bicyclic) bond motifs is 1. The van der Waals surface area contributed by atoms with E-state index >= 15 is 0 Å². The standard InChI is InChI=1S/C13H17N5/c1-10(14)11-3-2-4-16-13(11)18-8-7-17-6-5-15-12(17)9-18/h2-6,10H,7-9,14H2,1H3. The van der Waals surface area contributed by atoms with Gasteiger partial charge in [0.2, 0.25) is 0 Å². The van der Waals surface area contributed by atoms with Gasteiger partial charge in [0.25, 0.3) is 0 Å². The Morgan fingerprint density at radius 3 is 3.00 bits per heavy atom. The molecule has 18 heavy (non-hydrogen) atoms. The number of pyridine rings is 1. The summed E-state index contributed by atoms with van der Waals surface area (Å²) in [4.78, 5) is 11.1. The fraction of sp³-hybridized carbons (Fsp3) is 0.385. The first-order valence-corrected chi connectivity index (χ1v) is 6.21. The second-order valence-electron chi connectivity index (χ2n) is 4.66. The molecule has 0 amide bonds. The number of nitrogens with zero attached hydrogens (tertiary/aromatic N) is 4. The molecule has 2 aromatic heterocycles. The Labute approximate surface area is 106 Å². The Bertz CT molecular complexity index is 546. The number of anilines is 1. The van der Waals surface area contributed by atoms with Gasteiger partial charge in [-0.3, -0.25) is 0 Å². The first kappa shape index (κ1) is 11.2. The van der Waals surface area contributed by atoms with Gasteiger partial charge < -0.3 is 15.2 Å². The number of aromatic nitrogens is 3. The number of hydrogen-bond acceptors (Lipinski definition) is 4. The van der Waals surface area contributed by atoms with Crippen molar-refractivity contribution in [1.29, 1.82) is 0 Å². The van der Waals surface area contributed by atoms with E-state index in [-0.39, 0.29) is 6.04 Å². The largest absolute Gasteiger partial charge is 0.347 e.